The summed E-state index contributed by atoms with van der Waals surface area (Å²) in [6.45, 7) is -4.45. The van der Waals surface area contributed by atoms with Gasteiger partial charge in [0.1, 0.15) is 19.6 Å². The molecule has 0 radical (unpaired) electrons. The number of anilines is 1. The van der Waals surface area contributed by atoms with E-state index in [1.807, 2.05) is 0 Å². The minimum Gasteiger partial charge on any atom is -0.387 e. The number of nitrogens with zero attached hydrogens (tertiary/aromatic N) is 3. The van der Waals surface area contributed by atoms with Crippen LogP contribution in [-0.4, -0.2) is 73.5 Å². The van der Waals surface area contributed by atoms with Crippen molar-refractivity contribution in [3.05, 3.63) is 16.7 Å². The van der Waals surface area contributed by atoms with Crippen molar-refractivity contribution < 1.29 is 61.4 Å². The Morgan fingerprint density at radius 2 is 2.36 bits per heavy atom. The van der Waals surface area contributed by atoms with Crippen molar-refractivity contribution >= 4 is 32.8 Å². The van der Waals surface area contributed by atoms with Crippen molar-refractivity contribution in [1.82, 2.24) is 19.5 Å². The zero-order valence-electron chi connectivity index (χ0n) is 25.7. The molecule has 1 aliphatic rings. The highest BCUT2D eigenvalue weighted by molar-refractivity contribution is 7.60. The molecular weight excluding hydrogens is 428 g/mol. The number of nitrogen functional groups attached to an aromatic ring is 1. The number of fused-ring (bicyclic) bond motifs is 1. The molecule has 16 nitrogen and oxygen atoms in total. The number of phosphoric ester groups is 1. The molecule has 0 spiro atoms. The van der Waals surface area contributed by atoms with Crippen LogP contribution in [0.15, 0.2) is 11.1 Å². The predicted octanol–water partition coefficient (Wildman–Crippen LogP) is -2.45. The normalized spacial score (nSPS) is 45.3. The maximum Gasteiger partial charge on any atom is 0.481 e. The molecule has 4 unspecified atom stereocenters. The van der Waals surface area contributed by atoms with E-state index in [0.29, 0.717) is 0 Å². The number of nitrogens with one attached hydrogen (secondary N) is 1. The number of hydrogen-bond acceptors (Lipinski definition) is 12. The van der Waals surface area contributed by atoms with E-state index in [-0.39, 0.29) is 9.54 Å². The average Bonchev–Trinajstić information content (AvgIpc) is 3.25. The summed E-state index contributed by atoms with van der Waals surface area (Å²) in [6.07, 6.45) is -18.0. The second-order valence-electron chi connectivity index (χ2n) is 4.66. The molecule has 1 aliphatic heterocycles. The van der Waals surface area contributed by atoms with Gasteiger partial charge in [0.15, 0.2) is 21.6 Å². The Kier molecular flexibility index (Phi) is 2.56. The molecule has 0 aromatic carbocycles. The van der Waals surface area contributed by atoms with Crippen LogP contribution in [0.4, 0.5) is 5.95 Å². The summed E-state index contributed by atoms with van der Waals surface area (Å²) in [5.74, 6) is -1.14. The van der Waals surface area contributed by atoms with Crippen LogP contribution in [0, 0.1) is 0 Å². The van der Waals surface area contributed by atoms with Gasteiger partial charge in [0.25, 0.3) is 5.56 Å². The van der Waals surface area contributed by atoms with Crippen LogP contribution in [0.1, 0.15) is 15.8 Å². The SMILES string of the molecule is [2H]OC1([2H])C([2H])(C([2H])([2H])OP(=O)(O[2H])OP(=O)(O)O)O[C@]([2H])(n2c([2H])nc3c(=O)n([2H])c(N([2H])[2H])nc32)C1([2H])O[2H]. The molecule has 156 valence electrons. The van der Waals surface area contributed by atoms with Crippen LogP contribution in [0.25, 0.3) is 11.2 Å². The molecule has 2 aromatic heterocycles. The first-order valence-electron chi connectivity index (χ1n) is 12.5. The Morgan fingerprint density at radius 3 is 3.00 bits per heavy atom. The number of aliphatic hydroxyl groups is 2. The van der Waals surface area contributed by atoms with Gasteiger partial charge in [-0.1, -0.05) is 0 Å². The van der Waals surface area contributed by atoms with Crippen LogP contribution >= 0.6 is 15.6 Å². The smallest absolute Gasteiger partial charge is 0.387 e. The van der Waals surface area contributed by atoms with Gasteiger partial charge in [0.05, 0.1) is 21.1 Å². The molecule has 0 aliphatic carbocycles. The van der Waals surface area contributed by atoms with Gasteiger partial charge in [-0.05, 0) is 0 Å². The van der Waals surface area contributed by atoms with Crippen LogP contribution in [0.3, 0.4) is 0 Å². The van der Waals surface area contributed by atoms with Crippen LogP contribution < -0.4 is 11.3 Å². The van der Waals surface area contributed by atoms with Gasteiger partial charge in [-0.15, -0.1) is 0 Å². The zero-order chi connectivity index (χ0) is 31.8. The second-order valence-corrected chi connectivity index (χ2v) is 7.37. The van der Waals surface area contributed by atoms with E-state index in [9.17, 15) is 13.9 Å². The van der Waals surface area contributed by atoms with Crippen LogP contribution in [-0.2, 0) is 22.7 Å². The predicted molar refractivity (Wildman–Crippen MR) is 87.4 cm³/mol. The first-order valence-corrected chi connectivity index (χ1v) is 9.45. The van der Waals surface area contributed by atoms with Gasteiger partial charge in [-0.2, -0.15) is 9.29 Å². The Bertz CT molecular complexity index is 1530. The minimum absolute atomic E-state index is 0.111. The number of nitrogens with two attached hydrogens (primary N) is 1. The highest BCUT2D eigenvalue weighted by Crippen LogP contribution is 2.57. The van der Waals surface area contributed by atoms with Crippen molar-refractivity contribution in [2.45, 2.75) is 24.4 Å². The number of imidazole rings is 1. The lowest BCUT2D eigenvalue weighted by Crippen LogP contribution is -2.33. The summed E-state index contributed by atoms with van der Waals surface area (Å²) in [5.41, 5.74) is -3.98. The molecule has 2 aromatic rings. The third-order valence-electron chi connectivity index (χ3n) is 2.76. The number of aromatic amines is 1. The molecule has 5 atom stereocenters. The Morgan fingerprint density at radius 1 is 1.57 bits per heavy atom. The standard InChI is InChI=1S/C10H15N5O11P2/c11-10-13-7-4(8(18)14-10)12-2-15(7)9-6(17)5(16)3(25-9)1-24-28(22,23)26-27(19,20)21/h2-3,5-6,9,16-17H,1H2,(H,22,23)(H2,19,20,21)(H3,11,13,14,18)/t3?,5?,6?,9-/m0/s1/i1D2,2D,3D,5D,6D,9D,16D,17D/hD4. The maximum absolute atomic E-state index is 12.6. The Hall–Kier alpha value is -1.71. The summed E-state index contributed by atoms with van der Waals surface area (Å²) in [6, 6.07) is 0. The van der Waals surface area contributed by atoms with Crippen molar-refractivity contribution in [2.75, 3.05) is 12.3 Å². The molecule has 1 fully saturated rings. The fourth-order valence-electron chi connectivity index (χ4n) is 1.80. The molecule has 3 rings (SSSR count). The zero-order valence-corrected chi connectivity index (χ0v) is 14.5. The van der Waals surface area contributed by atoms with Crippen molar-refractivity contribution in [3.8, 4) is 0 Å². The average molecular weight is 456 g/mol. The molecule has 0 saturated carbocycles. The van der Waals surface area contributed by atoms with E-state index < -0.39 is 81.3 Å². The molecule has 0 bridgehead atoms. The van der Waals surface area contributed by atoms with E-state index in [4.69, 9.17) is 32.6 Å². The summed E-state index contributed by atoms with van der Waals surface area (Å²) >= 11 is 0. The minimum atomic E-state index is -6.10. The number of ether oxygens (including phenoxy) is 1. The molecule has 18 heteroatoms. The molecular formula is C10H15N5O11P2. The lowest BCUT2D eigenvalue weighted by atomic mass is 10.1. The van der Waals surface area contributed by atoms with E-state index in [2.05, 4.69) is 33.9 Å². The molecule has 0 amide bonds. The molecule has 8 N–H and O–H groups in total. The summed E-state index contributed by atoms with van der Waals surface area (Å²) in [4.78, 5) is 40.5. The first kappa shape index (κ1) is 9.86. The van der Waals surface area contributed by atoms with Gasteiger partial charge >= 0.3 is 15.6 Å². The first-order chi connectivity index (χ1) is 18.4. The Balaban J connectivity index is 2.38. The monoisotopic (exact) mass is 456 g/mol. The van der Waals surface area contributed by atoms with Crippen molar-refractivity contribution in [3.63, 3.8) is 0 Å². The maximum atomic E-state index is 12.6. The summed E-state index contributed by atoms with van der Waals surface area (Å²) in [7, 11) is -12.0. The molecule has 3 heterocycles. The number of H-pyrrole nitrogens is 1. The van der Waals surface area contributed by atoms with Crippen molar-refractivity contribution in [2.24, 2.45) is 0 Å². The molecule has 1 saturated heterocycles. The van der Waals surface area contributed by atoms with E-state index in [0.717, 1.165) is 0 Å². The lowest BCUT2D eigenvalue weighted by molar-refractivity contribution is -0.0503. The largest absolute Gasteiger partial charge is 0.481 e. The fourth-order valence-corrected chi connectivity index (χ4v) is 3.17. The highest BCUT2D eigenvalue weighted by atomic mass is 31.3. The lowest BCUT2D eigenvalue weighted by Gasteiger charge is -2.17. The third kappa shape index (κ3) is 4.31. The summed E-state index contributed by atoms with van der Waals surface area (Å²) < 4.78 is 138. The van der Waals surface area contributed by atoms with E-state index >= 15 is 0 Å². The van der Waals surface area contributed by atoms with E-state index in [1.54, 1.807) is 0 Å². The van der Waals surface area contributed by atoms with Gasteiger partial charge in [-0.25, -0.2) is 14.1 Å². The number of hydrogen-bond donors (Lipinski definition) is 7. The van der Waals surface area contributed by atoms with Gasteiger partial charge in [-0.3, -0.25) is 18.9 Å². The fraction of sp³-hybridized carbons (Fsp3) is 0.500. The Labute approximate surface area is 173 Å². The van der Waals surface area contributed by atoms with Gasteiger partial charge < -0.3 is 35.4 Å². The topological polar surface area (TPSA) is 253 Å². The van der Waals surface area contributed by atoms with Crippen LogP contribution in [0.2, 0.25) is 4.24 Å². The summed E-state index contributed by atoms with van der Waals surface area (Å²) in [5, 5.41) is 8.07. The van der Waals surface area contributed by atoms with Gasteiger partial charge in [0.2, 0.25) is 10.2 Å². The molecule has 28 heavy (non-hydrogen) atoms. The second kappa shape index (κ2) is 7.27. The van der Waals surface area contributed by atoms with Gasteiger partial charge in [0, 0.05) is 0 Å². The number of phosphoric acid groups is 2. The third-order valence-corrected chi connectivity index (χ3v) is 4.73. The van der Waals surface area contributed by atoms with E-state index in [1.165, 1.54) is 0 Å². The number of aromatic nitrogens is 4. The van der Waals surface area contributed by atoms with Crippen LogP contribution in [0.5, 0.6) is 0 Å². The van der Waals surface area contributed by atoms with Crippen molar-refractivity contribution in [1.29, 1.82) is 4.29 Å². The highest BCUT2D eigenvalue weighted by Gasteiger charge is 2.46. The number of rotatable bonds is 10. The quantitative estimate of drug-likeness (QED) is 0.183.